The predicted molar refractivity (Wildman–Crippen MR) is 170 cm³/mol. The summed E-state index contributed by atoms with van der Waals surface area (Å²) < 4.78 is 4.99. The van der Waals surface area contributed by atoms with Gasteiger partial charge in [0.05, 0.1) is 0 Å². The van der Waals surface area contributed by atoms with E-state index in [2.05, 4.69) is 38.2 Å². The van der Waals surface area contributed by atoms with Crippen molar-refractivity contribution in [2.75, 3.05) is 0 Å². The number of unbranched alkanes of at least 4 members (excludes halogenated alkanes) is 22. The molecule has 0 atom stereocenters. The van der Waals surface area contributed by atoms with Crippen LogP contribution < -0.4 is 0 Å². The summed E-state index contributed by atoms with van der Waals surface area (Å²) in [6.45, 7) is 4.53. The Kier molecular flexibility index (Phi) is 45.3. The van der Waals surface area contributed by atoms with Crippen LogP contribution in [0, 0.1) is 0 Å². The number of allylic oxidation sites excluding steroid dienone is 4. The smallest absolute Gasteiger partial charge is 0.313 e. The Labute approximate surface area is 296 Å². The van der Waals surface area contributed by atoms with Crippen molar-refractivity contribution in [3.8, 4) is 0 Å². The van der Waals surface area contributed by atoms with Gasteiger partial charge in [-0.1, -0.05) is 141 Å². The molecule has 3 nitrogen and oxygen atoms in total. The maximum atomic E-state index is 11.9. The summed E-state index contributed by atoms with van der Waals surface area (Å²) >= 11 is 0. The topological polar surface area (TPSA) is 43.4 Å². The third-order valence-electron chi connectivity index (χ3n) is 7.51. The standard InChI is InChI=1S/C36H66O3.2Cd/c1-3-5-7-9-11-13-15-17-19-21-23-25-27-29-31-33-35(37)39-36(38)34-32-30-28-26-24-22-20-18-16-14-12-10-8-6-4-2;;/h17-20H,3-16,21-34H2,1-2H3;;/b19-17-,20-18-;;. The van der Waals surface area contributed by atoms with Gasteiger partial charge in [-0.05, 0) is 64.2 Å². The normalized spacial score (nSPS) is 11.1. The number of hydrogen-bond donors (Lipinski definition) is 0. The van der Waals surface area contributed by atoms with Crippen molar-refractivity contribution in [1.82, 2.24) is 0 Å². The van der Waals surface area contributed by atoms with E-state index >= 15 is 0 Å². The number of carbonyl (C=O) groups is 2. The quantitative estimate of drug-likeness (QED) is 0.0240. The molecule has 41 heavy (non-hydrogen) atoms. The first-order valence-corrected chi connectivity index (χ1v) is 17.2. The van der Waals surface area contributed by atoms with E-state index in [0.29, 0.717) is 12.8 Å². The molecule has 0 aliphatic carbocycles. The molecule has 0 bridgehead atoms. The zero-order chi connectivity index (χ0) is 28.5. The molecule has 0 saturated carbocycles. The molecule has 0 saturated heterocycles. The summed E-state index contributed by atoms with van der Waals surface area (Å²) in [5, 5.41) is 0. The Morgan fingerprint density at radius 1 is 0.390 bits per heavy atom. The fourth-order valence-corrected chi connectivity index (χ4v) is 4.91. The molecule has 0 aromatic rings. The maximum Gasteiger partial charge on any atom is 0.313 e. The Morgan fingerprint density at radius 2 is 0.634 bits per heavy atom. The van der Waals surface area contributed by atoms with Crippen LogP contribution in [-0.2, 0) is 68.9 Å². The second-order valence-electron chi connectivity index (χ2n) is 11.5. The second-order valence-corrected chi connectivity index (χ2v) is 11.5. The molecule has 0 aromatic heterocycles. The van der Waals surface area contributed by atoms with Crippen molar-refractivity contribution >= 4 is 11.9 Å². The number of carbonyl (C=O) groups excluding carboxylic acids is 2. The van der Waals surface area contributed by atoms with Gasteiger partial charge in [-0.15, -0.1) is 0 Å². The number of rotatable bonds is 30. The maximum absolute atomic E-state index is 11.9. The van der Waals surface area contributed by atoms with Crippen LogP contribution in [0.1, 0.15) is 194 Å². The first kappa shape index (κ1) is 45.9. The molecule has 232 valence electrons. The summed E-state index contributed by atoms with van der Waals surface area (Å²) in [5.41, 5.74) is 0. The van der Waals surface area contributed by atoms with E-state index in [9.17, 15) is 9.59 Å². The molecule has 0 rings (SSSR count). The molecule has 0 N–H and O–H groups in total. The Morgan fingerprint density at radius 3 is 0.927 bits per heavy atom. The molecular weight excluding hydrogens is 705 g/mol. The van der Waals surface area contributed by atoms with Gasteiger partial charge >= 0.3 is 11.9 Å². The van der Waals surface area contributed by atoms with Crippen LogP contribution in [0.5, 0.6) is 0 Å². The van der Waals surface area contributed by atoms with E-state index in [1.165, 1.54) is 128 Å². The monoisotopic (exact) mass is 774 g/mol. The SMILES string of the molecule is CCCCCCCC/C=C\CCCCCCCC(=O)OC(=O)CCCCCCC/C=C\CCCCCCCC.[Cd].[Cd]. The molecule has 0 unspecified atom stereocenters. The number of hydrogen-bond acceptors (Lipinski definition) is 3. The number of esters is 2. The van der Waals surface area contributed by atoms with Gasteiger partial charge in [0, 0.05) is 67.4 Å². The van der Waals surface area contributed by atoms with E-state index in [1.54, 1.807) is 0 Å². The van der Waals surface area contributed by atoms with Gasteiger partial charge in [0.15, 0.2) is 0 Å². The average molecular weight is 772 g/mol. The van der Waals surface area contributed by atoms with Gasteiger partial charge in [-0.3, -0.25) is 9.59 Å². The van der Waals surface area contributed by atoms with Crippen LogP contribution >= 0.6 is 0 Å². The fraction of sp³-hybridized carbons (Fsp3) is 0.833. The van der Waals surface area contributed by atoms with Crippen molar-refractivity contribution in [3.05, 3.63) is 24.3 Å². The van der Waals surface area contributed by atoms with Crippen LogP contribution in [0.25, 0.3) is 0 Å². The summed E-state index contributed by atoms with van der Waals surface area (Å²) in [6.07, 6.45) is 42.2. The van der Waals surface area contributed by atoms with Crippen LogP contribution in [0.2, 0.25) is 0 Å². The van der Waals surface area contributed by atoms with Gasteiger partial charge in [0.25, 0.3) is 0 Å². The fourth-order valence-electron chi connectivity index (χ4n) is 4.91. The molecule has 0 heterocycles. The molecule has 0 aliphatic rings. The van der Waals surface area contributed by atoms with Gasteiger partial charge in [0.1, 0.15) is 0 Å². The minimum Gasteiger partial charge on any atom is -0.393 e. The summed E-state index contributed by atoms with van der Waals surface area (Å²) in [7, 11) is 0. The van der Waals surface area contributed by atoms with E-state index in [4.69, 9.17) is 4.74 Å². The molecule has 0 radical (unpaired) electrons. The average Bonchev–Trinajstić information content (AvgIpc) is 2.93. The van der Waals surface area contributed by atoms with Crippen LogP contribution in [-0.4, -0.2) is 11.9 Å². The molecule has 0 fully saturated rings. The zero-order valence-electron chi connectivity index (χ0n) is 27.7. The van der Waals surface area contributed by atoms with Crippen molar-refractivity contribution < 1.29 is 68.9 Å². The predicted octanol–water partition coefficient (Wildman–Crippen LogP) is 12.1. The number of ether oxygens (including phenoxy) is 1. The van der Waals surface area contributed by atoms with Crippen molar-refractivity contribution in [3.63, 3.8) is 0 Å². The second kappa shape index (κ2) is 40.5. The summed E-state index contributed by atoms with van der Waals surface area (Å²) in [5.74, 6) is -0.684. The van der Waals surface area contributed by atoms with Crippen molar-refractivity contribution in [1.29, 1.82) is 0 Å². The zero-order valence-corrected chi connectivity index (χ0v) is 35.8. The van der Waals surface area contributed by atoms with Crippen molar-refractivity contribution in [2.45, 2.75) is 194 Å². The summed E-state index contributed by atoms with van der Waals surface area (Å²) in [6, 6.07) is 0. The van der Waals surface area contributed by atoms with Gasteiger partial charge in [0.2, 0.25) is 0 Å². The third-order valence-corrected chi connectivity index (χ3v) is 7.51. The minimum absolute atomic E-state index is 0. The van der Waals surface area contributed by atoms with E-state index in [-0.39, 0.29) is 66.5 Å². The van der Waals surface area contributed by atoms with Crippen LogP contribution in [0.4, 0.5) is 0 Å². The molecule has 0 amide bonds. The van der Waals surface area contributed by atoms with Gasteiger partial charge in [-0.25, -0.2) is 0 Å². The van der Waals surface area contributed by atoms with Crippen LogP contribution in [0.3, 0.4) is 0 Å². The van der Waals surface area contributed by atoms with E-state index in [1.807, 2.05) is 0 Å². The molecule has 0 aliphatic heterocycles. The van der Waals surface area contributed by atoms with Crippen LogP contribution in [0.15, 0.2) is 24.3 Å². The summed E-state index contributed by atoms with van der Waals surface area (Å²) in [4.78, 5) is 23.8. The molecular formula is C36H66Cd2O3. The first-order chi connectivity index (χ1) is 19.2. The Hall–Kier alpha value is 0.464. The Balaban J connectivity index is -0.00000722. The van der Waals surface area contributed by atoms with Gasteiger partial charge in [-0.2, -0.15) is 0 Å². The van der Waals surface area contributed by atoms with Crippen molar-refractivity contribution in [2.24, 2.45) is 0 Å². The first-order valence-electron chi connectivity index (χ1n) is 17.2. The minimum atomic E-state index is -0.342. The third kappa shape index (κ3) is 40.5. The molecule has 0 aromatic carbocycles. The largest absolute Gasteiger partial charge is 0.393 e. The molecule has 0 spiro atoms. The Bertz CT molecular complexity index is 539. The van der Waals surface area contributed by atoms with Gasteiger partial charge < -0.3 is 4.74 Å². The van der Waals surface area contributed by atoms with E-state index < -0.39 is 0 Å². The molecule has 5 heteroatoms. The van der Waals surface area contributed by atoms with E-state index in [0.717, 1.165) is 38.5 Å².